The van der Waals surface area contributed by atoms with E-state index in [1.54, 1.807) is 24.7 Å². The number of carbonyl (C=O) groups is 1. The van der Waals surface area contributed by atoms with Gasteiger partial charge in [0.25, 0.3) is 0 Å². The van der Waals surface area contributed by atoms with E-state index < -0.39 is 0 Å². The van der Waals surface area contributed by atoms with Crippen molar-refractivity contribution in [3.63, 3.8) is 0 Å². The Hall–Kier alpha value is -2.73. The van der Waals surface area contributed by atoms with Crippen LogP contribution in [0, 0.1) is 6.92 Å². The molecule has 3 aromatic rings. The van der Waals surface area contributed by atoms with E-state index >= 15 is 0 Å². The van der Waals surface area contributed by atoms with Crippen LogP contribution < -0.4 is 10.6 Å². The van der Waals surface area contributed by atoms with Gasteiger partial charge in [-0.2, -0.15) is 0 Å². The van der Waals surface area contributed by atoms with Crippen molar-refractivity contribution >= 4 is 23.1 Å². The Balaban J connectivity index is 1.79. The van der Waals surface area contributed by atoms with Crippen LogP contribution >= 0.6 is 11.3 Å². The van der Waals surface area contributed by atoms with Gasteiger partial charge in [0.1, 0.15) is 11.0 Å². The fourth-order valence-corrected chi connectivity index (χ4v) is 2.93. The number of benzene rings is 1. The monoisotopic (exact) mass is 324 g/mol. The minimum atomic E-state index is -0.279. The zero-order valence-electron chi connectivity index (χ0n) is 12.6. The molecule has 0 spiro atoms. The summed E-state index contributed by atoms with van der Waals surface area (Å²) in [6.07, 6.45) is 5.10. The number of amides is 2. The first-order valence-electron chi connectivity index (χ1n) is 7.16. The Labute approximate surface area is 138 Å². The molecule has 0 aliphatic carbocycles. The summed E-state index contributed by atoms with van der Waals surface area (Å²) in [7, 11) is 0. The molecule has 0 radical (unpaired) electrons. The number of thiazole rings is 1. The third kappa shape index (κ3) is 3.73. The topological polar surface area (TPSA) is 66.9 Å². The highest BCUT2D eigenvalue weighted by Gasteiger charge is 2.19. The van der Waals surface area contributed by atoms with Gasteiger partial charge in [-0.3, -0.25) is 4.98 Å². The number of rotatable bonds is 4. The van der Waals surface area contributed by atoms with Crippen molar-refractivity contribution in [2.75, 3.05) is 5.32 Å². The number of anilines is 1. The quantitative estimate of drug-likeness (QED) is 0.768. The lowest BCUT2D eigenvalue weighted by atomic mass is 10.1. The van der Waals surface area contributed by atoms with Gasteiger partial charge in [-0.1, -0.05) is 30.3 Å². The number of pyridine rings is 1. The Morgan fingerprint density at radius 1 is 1.17 bits per heavy atom. The first-order chi connectivity index (χ1) is 11.2. The van der Waals surface area contributed by atoms with Gasteiger partial charge < -0.3 is 10.6 Å². The summed E-state index contributed by atoms with van der Waals surface area (Å²) in [4.78, 5) is 20.7. The number of nitrogens with one attached hydrogen (secondary N) is 2. The number of urea groups is 1. The molecule has 2 N–H and O–H groups in total. The number of aryl methyl sites for hydroxylation is 1. The SMILES string of the molecule is Cc1cnccc1NC(=O)N[C@@H](c1ccccc1)c1nccs1. The number of hydrogen-bond acceptors (Lipinski definition) is 4. The lowest BCUT2D eigenvalue weighted by molar-refractivity contribution is 0.250. The Kier molecular flexibility index (Phi) is 4.63. The van der Waals surface area contributed by atoms with Crippen molar-refractivity contribution in [1.29, 1.82) is 0 Å². The molecular formula is C17H16N4OS. The first kappa shape index (κ1) is 15.2. The van der Waals surface area contributed by atoms with Crippen LogP contribution in [-0.4, -0.2) is 16.0 Å². The van der Waals surface area contributed by atoms with Crippen LogP contribution in [0.2, 0.25) is 0 Å². The van der Waals surface area contributed by atoms with Crippen LogP contribution in [-0.2, 0) is 0 Å². The van der Waals surface area contributed by atoms with Gasteiger partial charge in [0.2, 0.25) is 0 Å². The van der Waals surface area contributed by atoms with Crippen molar-refractivity contribution in [3.8, 4) is 0 Å². The van der Waals surface area contributed by atoms with Gasteiger partial charge in [-0.25, -0.2) is 9.78 Å². The van der Waals surface area contributed by atoms with Gasteiger partial charge in [-0.05, 0) is 24.1 Å². The van der Waals surface area contributed by atoms with Crippen molar-refractivity contribution in [3.05, 3.63) is 76.5 Å². The van der Waals surface area contributed by atoms with Crippen LogP contribution in [0.5, 0.6) is 0 Å². The first-order valence-corrected chi connectivity index (χ1v) is 8.04. The highest BCUT2D eigenvalue weighted by molar-refractivity contribution is 7.09. The molecule has 0 fully saturated rings. The van der Waals surface area contributed by atoms with E-state index in [-0.39, 0.29) is 12.1 Å². The number of nitrogens with zero attached hydrogens (tertiary/aromatic N) is 2. The molecule has 23 heavy (non-hydrogen) atoms. The Morgan fingerprint density at radius 3 is 2.70 bits per heavy atom. The molecular weight excluding hydrogens is 308 g/mol. The molecule has 116 valence electrons. The second-order valence-electron chi connectivity index (χ2n) is 5.00. The maximum absolute atomic E-state index is 12.4. The predicted octanol–water partition coefficient (Wildman–Crippen LogP) is 3.76. The average molecular weight is 324 g/mol. The predicted molar refractivity (Wildman–Crippen MR) is 91.5 cm³/mol. The van der Waals surface area contributed by atoms with Crippen LogP contribution in [0.4, 0.5) is 10.5 Å². The minimum absolute atomic E-state index is 0.275. The van der Waals surface area contributed by atoms with E-state index in [0.717, 1.165) is 21.8 Å². The molecule has 0 saturated carbocycles. The van der Waals surface area contributed by atoms with E-state index in [2.05, 4.69) is 20.6 Å². The van der Waals surface area contributed by atoms with Crippen molar-refractivity contribution in [2.24, 2.45) is 0 Å². The lowest BCUT2D eigenvalue weighted by Gasteiger charge is -2.18. The van der Waals surface area contributed by atoms with E-state index in [1.807, 2.05) is 42.6 Å². The fourth-order valence-electron chi connectivity index (χ4n) is 2.21. The summed E-state index contributed by atoms with van der Waals surface area (Å²) in [6, 6.07) is 11.0. The van der Waals surface area contributed by atoms with Gasteiger partial charge in [0, 0.05) is 29.7 Å². The van der Waals surface area contributed by atoms with E-state index in [0.29, 0.717) is 0 Å². The molecule has 0 bridgehead atoms. The largest absolute Gasteiger partial charge is 0.324 e. The summed E-state index contributed by atoms with van der Waals surface area (Å²) >= 11 is 1.51. The molecule has 5 nitrogen and oxygen atoms in total. The second-order valence-corrected chi connectivity index (χ2v) is 5.93. The van der Waals surface area contributed by atoms with E-state index in [1.165, 1.54) is 11.3 Å². The van der Waals surface area contributed by atoms with Crippen molar-refractivity contribution < 1.29 is 4.79 Å². The lowest BCUT2D eigenvalue weighted by Crippen LogP contribution is -2.33. The molecule has 2 amide bonds. The maximum Gasteiger partial charge on any atom is 0.320 e. The Bertz CT molecular complexity index is 774. The molecule has 2 aromatic heterocycles. The fraction of sp³-hybridized carbons (Fsp3) is 0.118. The summed E-state index contributed by atoms with van der Waals surface area (Å²) < 4.78 is 0. The molecule has 0 aliphatic heterocycles. The van der Waals surface area contributed by atoms with E-state index in [9.17, 15) is 4.79 Å². The highest BCUT2D eigenvalue weighted by atomic mass is 32.1. The van der Waals surface area contributed by atoms with Crippen LogP contribution in [0.15, 0.2) is 60.4 Å². The van der Waals surface area contributed by atoms with Crippen LogP contribution in [0.1, 0.15) is 22.2 Å². The van der Waals surface area contributed by atoms with Crippen molar-refractivity contribution in [2.45, 2.75) is 13.0 Å². The number of carbonyl (C=O) groups excluding carboxylic acids is 1. The van der Waals surface area contributed by atoms with Gasteiger partial charge >= 0.3 is 6.03 Å². The Morgan fingerprint density at radius 2 is 2.00 bits per heavy atom. The maximum atomic E-state index is 12.4. The molecule has 0 saturated heterocycles. The molecule has 2 heterocycles. The summed E-state index contributed by atoms with van der Waals surface area (Å²) in [5.41, 5.74) is 2.64. The zero-order valence-corrected chi connectivity index (χ0v) is 13.4. The van der Waals surface area contributed by atoms with E-state index in [4.69, 9.17) is 0 Å². The molecule has 1 aromatic carbocycles. The van der Waals surface area contributed by atoms with Crippen LogP contribution in [0.25, 0.3) is 0 Å². The smallest absolute Gasteiger partial charge is 0.320 e. The third-order valence-corrected chi connectivity index (χ3v) is 4.22. The van der Waals surface area contributed by atoms with Gasteiger partial charge in [0.05, 0.1) is 0 Å². The zero-order chi connectivity index (χ0) is 16.1. The summed E-state index contributed by atoms with van der Waals surface area (Å²) in [5, 5.41) is 8.59. The minimum Gasteiger partial charge on any atom is -0.324 e. The third-order valence-electron chi connectivity index (χ3n) is 3.38. The van der Waals surface area contributed by atoms with Gasteiger partial charge in [0.15, 0.2) is 0 Å². The molecule has 3 rings (SSSR count). The standard InChI is InChI=1S/C17H16N4OS/c1-12-11-18-8-7-14(12)20-17(22)21-15(16-19-9-10-23-16)13-5-3-2-4-6-13/h2-11,15H,1H3,(H2,18,20,21,22)/t15-/m0/s1. The molecule has 0 aliphatic rings. The van der Waals surface area contributed by atoms with Gasteiger partial charge in [-0.15, -0.1) is 11.3 Å². The average Bonchev–Trinajstić information content (AvgIpc) is 3.10. The van der Waals surface area contributed by atoms with Crippen molar-refractivity contribution in [1.82, 2.24) is 15.3 Å². The molecule has 0 unspecified atom stereocenters. The number of aromatic nitrogens is 2. The summed E-state index contributed by atoms with van der Waals surface area (Å²) in [6.45, 7) is 1.90. The second kappa shape index (κ2) is 7.02. The highest BCUT2D eigenvalue weighted by Crippen LogP contribution is 2.24. The van der Waals surface area contributed by atoms with Crippen LogP contribution in [0.3, 0.4) is 0 Å². The molecule has 1 atom stereocenters. The summed E-state index contributed by atoms with van der Waals surface area (Å²) in [5.74, 6) is 0. The normalized spacial score (nSPS) is 11.7. The number of hydrogen-bond donors (Lipinski definition) is 2. The molecule has 6 heteroatoms.